The Hall–Kier alpha value is -1.32. The number of hydrogen-bond acceptors (Lipinski definition) is 3. The van der Waals surface area contributed by atoms with Crippen LogP contribution in [0.4, 0.5) is 0 Å². The third-order valence-electron chi connectivity index (χ3n) is 2.81. The van der Waals surface area contributed by atoms with Gasteiger partial charge in [0.15, 0.2) is 11.8 Å². The van der Waals surface area contributed by atoms with Crippen molar-refractivity contribution in [2.75, 3.05) is 7.11 Å². The van der Waals surface area contributed by atoms with Gasteiger partial charge in [0.25, 0.3) is 0 Å². The number of hydroxylamine groups is 1. The van der Waals surface area contributed by atoms with E-state index in [0.717, 1.165) is 36.1 Å². The van der Waals surface area contributed by atoms with Gasteiger partial charge in [-0.2, -0.15) is 0 Å². The molecule has 90 valence electrons. The molecule has 0 saturated heterocycles. The van der Waals surface area contributed by atoms with E-state index < -0.39 is 0 Å². The average molecular weight is 225 g/mol. The maximum absolute atomic E-state index is 11.8. The summed E-state index contributed by atoms with van der Waals surface area (Å²) < 4.78 is 5.61. The number of methoxy groups -OCH3 is 1. The van der Waals surface area contributed by atoms with Crippen LogP contribution in [0.2, 0.25) is 0 Å². The van der Waals surface area contributed by atoms with Crippen molar-refractivity contribution < 1.29 is 14.3 Å². The Bertz CT molecular complexity index is 307. The van der Waals surface area contributed by atoms with Crippen molar-refractivity contribution in [2.24, 2.45) is 0 Å². The molecule has 0 aromatic carbocycles. The summed E-state index contributed by atoms with van der Waals surface area (Å²) in [6.45, 7) is 2.07. The third-order valence-corrected chi connectivity index (χ3v) is 2.81. The van der Waals surface area contributed by atoms with E-state index in [0.29, 0.717) is 6.42 Å². The molecule has 4 heteroatoms. The zero-order valence-corrected chi connectivity index (χ0v) is 9.94. The number of nitrogens with zero attached hydrogens (tertiary/aromatic N) is 1. The molecule has 0 N–H and O–H groups in total. The second kappa shape index (κ2) is 6.30. The first-order chi connectivity index (χ1) is 7.69. The number of esters is 1. The van der Waals surface area contributed by atoms with E-state index in [1.54, 1.807) is 6.08 Å². The predicted molar refractivity (Wildman–Crippen MR) is 62.3 cm³/mol. The highest BCUT2D eigenvalue weighted by Gasteiger charge is 2.27. The molecule has 0 spiro atoms. The lowest BCUT2D eigenvalue weighted by molar-refractivity contribution is -0.492. The first-order valence-corrected chi connectivity index (χ1v) is 5.74. The fourth-order valence-corrected chi connectivity index (χ4v) is 1.95. The lowest BCUT2D eigenvalue weighted by Gasteiger charge is -2.09. The molecule has 0 radical (unpaired) electrons. The molecular weight excluding hydrogens is 206 g/mol. The fraction of sp³-hybridized carbons (Fsp3) is 0.667. The van der Waals surface area contributed by atoms with Crippen molar-refractivity contribution in [3.05, 3.63) is 17.4 Å². The highest BCUT2D eigenvalue weighted by molar-refractivity contribution is 5.82. The Kier molecular flexibility index (Phi) is 5.02. The zero-order valence-electron chi connectivity index (χ0n) is 9.94. The van der Waals surface area contributed by atoms with Gasteiger partial charge in [0.05, 0.1) is 7.11 Å². The highest BCUT2D eigenvalue weighted by Crippen LogP contribution is 2.18. The van der Waals surface area contributed by atoms with Crippen LogP contribution in [0.1, 0.15) is 39.0 Å². The maximum atomic E-state index is 11.8. The molecule has 0 unspecified atom stereocenters. The molecule has 16 heavy (non-hydrogen) atoms. The molecule has 1 rings (SSSR count). The molecule has 1 heterocycles. The van der Waals surface area contributed by atoms with E-state index in [9.17, 15) is 10.0 Å². The van der Waals surface area contributed by atoms with Crippen LogP contribution in [-0.2, 0) is 9.53 Å². The van der Waals surface area contributed by atoms with Crippen molar-refractivity contribution in [3.63, 3.8) is 0 Å². The van der Waals surface area contributed by atoms with Gasteiger partial charge >= 0.3 is 5.97 Å². The number of carbonyl (C=O) groups excluding carboxylic acids is 1. The molecule has 0 saturated carbocycles. The van der Waals surface area contributed by atoms with Crippen LogP contribution < -0.4 is 0 Å². The summed E-state index contributed by atoms with van der Waals surface area (Å²) >= 11 is 0. The number of ether oxygens (including phenoxy) is 1. The van der Waals surface area contributed by atoms with Crippen LogP contribution in [0.15, 0.2) is 12.2 Å². The van der Waals surface area contributed by atoms with Gasteiger partial charge < -0.3 is 9.94 Å². The average Bonchev–Trinajstić information content (AvgIpc) is 2.62. The van der Waals surface area contributed by atoms with Gasteiger partial charge in [-0.1, -0.05) is 13.0 Å². The Balaban J connectivity index is 2.45. The van der Waals surface area contributed by atoms with Gasteiger partial charge in [-0.25, -0.2) is 9.53 Å². The monoisotopic (exact) mass is 225 g/mol. The van der Waals surface area contributed by atoms with Gasteiger partial charge in [0.2, 0.25) is 0 Å². The third kappa shape index (κ3) is 3.36. The minimum Gasteiger partial charge on any atom is -0.624 e. The standard InChI is InChI=1S/C12H19NO3/c1-3-5-10-8-9-11(13(10)15)6-4-7-12(14)16-2/h4,7,11H,3,5-6,8-9H2,1-2H3/b7-4+/t11-/m1/s1. The van der Waals surface area contributed by atoms with Gasteiger partial charge in [0.1, 0.15) is 0 Å². The Morgan fingerprint density at radius 1 is 1.69 bits per heavy atom. The molecule has 1 aliphatic rings. The molecule has 0 bridgehead atoms. The molecule has 0 fully saturated rings. The first-order valence-electron chi connectivity index (χ1n) is 5.74. The zero-order chi connectivity index (χ0) is 12.0. The lowest BCUT2D eigenvalue weighted by Crippen LogP contribution is -2.18. The highest BCUT2D eigenvalue weighted by atomic mass is 16.5. The minimum absolute atomic E-state index is 0.00227. The van der Waals surface area contributed by atoms with E-state index in [4.69, 9.17) is 0 Å². The van der Waals surface area contributed by atoms with Crippen molar-refractivity contribution in [1.82, 2.24) is 0 Å². The van der Waals surface area contributed by atoms with E-state index >= 15 is 0 Å². The Morgan fingerprint density at radius 3 is 3.06 bits per heavy atom. The molecule has 1 aliphatic heterocycles. The van der Waals surface area contributed by atoms with E-state index in [-0.39, 0.29) is 12.0 Å². The van der Waals surface area contributed by atoms with Crippen molar-refractivity contribution in [1.29, 1.82) is 0 Å². The maximum Gasteiger partial charge on any atom is 0.330 e. The molecule has 1 atom stereocenters. The van der Waals surface area contributed by atoms with Crippen LogP contribution in [0.25, 0.3) is 0 Å². The van der Waals surface area contributed by atoms with Crippen LogP contribution >= 0.6 is 0 Å². The number of carbonyl (C=O) groups is 1. The molecular formula is C12H19NO3. The van der Waals surface area contributed by atoms with Crippen molar-refractivity contribution in [3.8, 4) is 0 Å². The predicted octanol–water partition coefficient (Wildman–Crippen LogP) is 2.02. The van der Waals surface area contributed by atoms with Crippen LogP contribution in [0, 0.1) is 5.21 Å². The summed E-state index contributed by atoms with van der Waals surface area (Å²) in [4.78, 5) is 10.8. The summed E-state index contributed by atoms with van der Waals surface area (Å²) in [7, 11) is 1.34. The molecule has 4 nitrogen and oxygen atoms in total. The quantitative estimate of drug-likeness (QED) is 0.311. The summed E-state index contributed by atoms with van der Waals surface area (Å²) in [5, 5.41) is 11.8. The second-order valence-corrected chi connectivity index (χ2v) is 4.00. The van der Waals surface area contributed by atoms with E-state index in [2.05, 4.69) is 11.7 Å². The Labute approximate surface area is 96.2 Å². The van der Waals surface area contributed by atoms with Crippen molar-refractivity contribution in [2.45, 2.75) is 45.1 Å². The van der Waals surface area contributed by atoms with Gasteiger partial charge in [0, 0.05) is 31.8 Å². The smallest absolute Gasteiger partial charge is 0.330 e. The lowest BCUT2D eigenvalue weighted by atomic mass is 10.1. The fourth-order valence-electron chi connectivity index (χ4n) is 1.95. The summed E-state index contributed by atoms with van der Waals surface area (Å²) in [5.74, 6) is -0.367. The SMILES string of the molecule is CCCC1=[N+]([O-])[C@H](C/C=C/C(=O)OC)CC1. The molecule has 0 aromatic heterocycles. The molecule has 0 aliphatic carbocycles. The van der Waals surface area contributed by atoms with Crippen LogP contribution in [0.5, 0.6) is 0 Å². The van der Waals surface area contributed by atoms with Crippen molar-refractivity contribution >= 4 is 11.7 Å². The summed E-state index contributed by atoms with van der Waals surface area (Å²) in [6, 6.07) is 0.00227. The Morgan fingerprint density at radius 2 is 2.44 bits per heavy atom. The molecule has 0 aromatic rings. The van der Waals surface area contributed by atoms with Gasteiger partial charge in [-0.15, -0.1) is 0 Å². The number of hydrogen-bond donors (Lipinski definition) is 0. The van der Waals surface area contributed by atoms with Gasteiger partial charge in [-0.3, -0.25) is 0 Å². The second-order valence-electron chi connectivity index (χ2n) is 4.00. The molecule has 0 amide bonds. The largest absolute Gasteiger partial charge is 0.624 e. The number of rotatable bonds is 5. The minimum atomic E-state index is -0.367. The van der Waals surface area contributed by atoms with Gasteiger partial charge in [-0.05, 0) is 6.42 Å². The van der Waals surface area contributed by atoms with E-state index in [1.165, 1.54) is 13.2 Å². The van der Waals surface area contributed by atoms with E-state index in [1.807, 2.05) is 0 Å². The van der Waals surface area contributed by atoms with Crippen LogP contribution in [-0.4, -0.2) is 29.6 Å². The summed E-state index contributed by atoms with van der Waals surface area (Å²) in [5.41, 5.74) is 0.999. The summed E-state index contributed by atoms with van der Waals surface area (Å²) in [6.07, 6.45) is 7.41. The first kappa shape index (κ1) is 12.7. The normalized spacial score (nSPS) is 20.8. The van der Waals surface area contributed by atoms with Crippen LogP contribution in [0.3, 0.4) is 0 Å². The topological polar surface area (TPSA) is 52.4 Å².